The standard InChI is InChI=1S/C16H22N4/c1-4-6-10-18-16-19-14-8-7-12(3)11-13(14)15(20-16)17-9-5-2/h5,7-8,11H,2,4,6,9-10H2,1,3H3,(H2,17,18,19,20). The van der Waals surface area contributed by atoms with Gasteiger partial charge in [0.15, 0.2) is 0 Å². The molecule has 106 valence electrons. The molecule has 1 aromatic carbocycles. The zero-order valence-electron chi connectivity index (χ0n) is 12.2. The summed E-state index contributed by atoms with van der Waals surface area (Å²) in [6, 6.07) is 6.22. The number of aryl methyl sites for hydroxylation is 1. The number of nitrogens with zero attached hydrogens (tertiary/aromatic N) is 2. The molecule has 0 radical (unpaired) electrons. The van der Waals surface area contributed by atoms with Gasteiger partial charge in [-0.1, -0.05) is 31.1 Å². The largest absolute Gasteiger partial charge is 0.366 e. The molecule has 0 fully saturated rings. The molecule has 0 aliphatic heterocycles. The fourth-order valence-corrected chi connectivity index (χ4v) is 2.00. The summed E-state index contributed by atoms with van der Waals surface area (Å²) in [6.45, 7) is 9.56. The number of hydrogen-bond donors (Lipinski definition) is 2. The number of benzene rings is 1. The van der Waals surface area contributed by atoms with E-state index in [1.54, 1.807) is 0 Å². The zero-order valence-corrected chi connectivity index (χ0v) is 12.2. The molecule has 0 spiro atoms. The maximum Gasteiger partial charge on any atom is 0.225 e. The monoisotopic (exact) mass is 270 g/mol. The molecule has 1 heterocycles. The quantitative estimate of drug-likeness (QED) is 0.594. The molecular weight excluding hydrogens is 248 g/mol. The Kier molecular flexibility index (Phi) is 4.93. The first-order valence-electron chi connectivity index (χ1n) is 7.11. The Hall–Kier alpha value is -2.10. The molecule has 2 N–H and O–H groups in total. The minimum Gasteiger partial charge on any atom is -0.366 e. The summed E-state index contributed by atoms with van der Waals surface area (Å²) in [5, 5.41) is 7.62. The minimum atomic E-state index is 0.682. The van der Waals surface area contributed by atoms with Crippen LogP contribution in [0.3, 0.4) is 0 Å². The second-order valence-electron chi connectivity index (χ2n) is 4.87. The van der Waals surface area contributed by atoms with Crippen molar-refractivity contribution in [1.82, 2.24) is 9.97 Å². The van der Waals surface area contributed by atoms with E-state index in [9.17, 15) is 0 Å². The van der Waals surface area contributed by atoms with E-state index in [-0.39, 0.29) is 0 Å². The van der Waals surface area contributed by atoms with Gasteiger partial charge in [0, 0.05) is 18.5 Å². The Morgan fingerprint density at radius 3 is 2.85 bits per heavy atom. The number of unbranched alkanes of at least 4 members (excludes halogenated alkanes) is 1. The van der Waals surface area contributed by atoms with Crippen molar-refractivity contribution < 1.29 is 0 Å². The van der Waals surface area contributed by atoms with Crippen LogP contribution in [0.1, 0.15) is 25.3 Å². The van der Waals surface area contributed by atoms with Gasteiger partial charge in [-0.2, -0.15) is 4.98 Å². The summed E-state index contributed by atoms with van der Waals surface area (Å²) in [5.41, 5.74) is 2.16. The van der Waals surface area contributed by atoms with Crippen molar-refractivity contribution in [2.45, 2.75) is 26.7 Å². The molecule has 0 atom stereocenters. The molecule has 0 saturated carbocycles. The van der Waals surface area contributed by atoms with E-state index >= 15 is 0 Å². The Morgan fingerprint density at radius 2 is 2.10 bits per heavy atom. The highest BCUT2D eigenvalue weighted by molar-refractivity contribution is 5.90. The zero-order chi connectivity index (χ0) is 14.4. The lowest BCUT2D eigenvalue weighted by Crippen LogP contribution is -2.08. The van der Waals surface area contributed by atoms with Crippen LogP contribution in [0.2, 0.25) is 0 Å². The van der Waals surface area contributed by atoms with Crippen LogP contribution in [0, 0.1) is 6.92 Å². The number of aromatic nitrogens is 2. The fraction of sp³-hybridized carbons (Fsp3) is 0.375. The predicted octanol–water partition coefficient (Wildman–Crippen LogP) is 3.75. The van der Waals surface area contributed by atoms with E-state index in [0.29, 0.717) is 12.5 Å². The first-order valence-corrected chi connectivity index (χ1v) is 7.11. The first kappa shape index (κ1) is 14.3. The van der Waals surface area contributed by atoms with Gasteiger partial charge in [0.1, 0.15) is 5.82 Å². The average Bonchev–Trinajstić information content (AvgIpc) is 2.45. The van der Waals surface area contributed by atoms with Gasteiger partial charge in [0.25, 0.3) is 0 Å². The van der Waals surface area contributed by atoms with Crippen molar-refractivity contribution in [1.29, 1.82) is 0 Å². The third kappa shape index (κ3) is 3.47. The van der Waals surface area contributed by atoms with Crippen molar-refractivity contribution in [3.63, 3.8) is 0 Å². The number of rotatable bonds is 7. The molecule has 20 heavy (non-hydrogen) atoms. The van der Waals surface area contributed by atoms with Crippen LogP contribution < -0.4 is 10.6 Å². The van der Waals surface area contributed by atoms with Gasteiger partial charge in [-0.15, -0.1) is 6.58 Å². The summed E-state index contributed by atoms with van der Waals surface area (Å²) in [5.74, 6) is 1.54. The lowest BCUT2D eigenvalue weighted by molar-refractivity contribution is 0.827. The van der Waals surface area contributed by atoms with Crippen LogP contribution in [0.5, 0.6) is 0 Å². The Labute approximate surface area is 120 Å². The highest BCUT2D eigenvalue weighted by atomic mass is 15.1. The van der Waals surface area contributed by atoms with Crippen molar-refractivity contribution in [2.24, 2.45) is 0 Å². The molecule has 2 rings (SSSR count). The number of anilines is 2. The molecule has 1 aromatic heterocycles. The summed E-state index contributed by atoms with van der Waals surface area (Å²) in [6.07, 6.45) is 4.10. The van der Waals surface area contributed by atoms with Gasteiger partial charge in [-0.05, 0) is 25.5 Å². The first-order chi connectivity index (χ1) is 9.74. The SMILES string of the molecule is C=CCNc1nc(NCCCC)nc2ccc(C)cc12. The molecule has 4 heteroatoms. The summed E-state index contributed by atoms with van der Waals surface area (Å²) < 4.78 is 0. The maximum atomic E-state index is 4.57. The van der Waals surface area contributed by atoms with E-state index < -0.39 is 0 Å². The Morgan fingerprint density at radius 1 is 1.25 bits per heavy atom. The average molecular weight is 270 g/mol. The molecule has 0 unspecified atom stereocenters. The summed E-state index contributed by atoms with van der Waals surface area (Å²) in [4.78, 5) is 9.14. The second-order valence-corrected chi connectivity index (χ2v) is 4.87. The van der Waals surface area contributed by atoms with Crippen molar-refractivity contribution in [3.05, 3.63) is 36.4 Å². The van der Waals surface area contributed by atoms with Crippen LogP contribution >= 0.6 is 0 Å². The van der Waals surface area contributed by atoms with Crippen LogP contribution in [0.15, 0.2) is 30.9 Å². The van der Waals surface area contributed by atoms with E-state index in [2.05, 4.69) is 53.2 Å². The van der Waals surface area contributed by atoms with Gasteiger partial charge < -0.3 is 10.6 Å². The number of nitrogens with one attached hydrogen (secondary N) is 2. The van der Waals surface area contributed by atoms with Gasteiger partial charge >= 0.3 is 0 Å². The lowest BCUT2D eigenvalue weighted by atomic mass is 10.1. The van der Waals surface area contributed by atoms with Gasteiger partial charge in [-0.25, -0.2) is 4.98 Å². The van der Waals surface area contributed by atoms with Gasteiger partial charge in [-0.3, -0.25) is 0 Å². The number of fused-ring (bicyclic) bond motifs is 1. The van der Waals surface area contributed by atoms with Crippen molar-refractivity contribution in [2.75, 3.05) is 23.7 Å². The Bertz CT molecular complexity index is 592. The fourth-order valence-electron chi connectivity index (χ4n) is 2.00. The summed E-state index contributed by atoms with van der Waals surface area (Å²) >= 11 is 0. The third-order valence-corrected chi connectivity index (χ3v) is 3.08. The van der Waals surface area contributed by atoms with Crippen molar-refractivity contribution >= 4 is 22.7 Å². The smallest absolute Gasteiger partial charge is 0.225 e. The van der Waals surface area contributed by atoms with Crippen LogP contribution in [-0.2, 0) is 0 Å². The van der Waals surface area contributed by atoms with Gasteiger partial charge in [0.2, 0.25) is 5.95 Å². The molecule has 4 nitrogen and oxygen atoms in total. The topological polar surface area (TPSA) is 49.8 Å². The van der Waals surface area contributed by atoms with E-state index in [0.717, 1.165) is 36.1 Å². The molecule has 0 aliphatic rings. The van der Waals surface area contributed by atoms with Crippen molar-refractivity contribution in [3.8, 4) is 0 Å². The molecule has 0 aliphatic carbocycles. The summed E-state index contributed by atoms with van der Waals surface area (Å²) in [7, 11) is 0. The third-order valence-electron chi connectivity index (χ3n) is 3.08. The highest BCUT2D eigenvalue weighted by Gasteiger charge is 2.07. The molecule has 0 saturated heterocycles. The molecule has 0 bridgehead atoms. The minimum absolute atomic E-state index is 0.682. The highest BCUT2D eigenvalue weighted by Crippen LogP contribution is 2.23. The molecule has 2 aromatic rings. The molecular formula is C16H22N4. The van der Waals surface area contributed by atoms with E-state index in [1.165, 1.54) is 5.56 Å². The predicted molar refractivity (Wildman–Crippen MR) is 86.4 cm³/mol. The van der Waals surface area contributed by atoms with Crippen LogP contribution in [-0.4, -0.2) is 23.1 Å². The maximum absolute atomic E-state index is 4.57. The van der Waals surface area contributed by atoms with Gasteiger partial charge in [0.05, 0.1) is 5.52 Å². The normalized spacial score (nSPS) is 10.5. The van der Waals surface area contributed by atoms with Crippen LogP contribution in [0.4, 0.5) is 11.8 Å². The number of hydrogen-bond acceptors (Lipinski definition) is 4. The van der Waals surface area contributed by atoms with E-state index in [4.69, 9.17) is 0 Å². The van der Waals surface area contributed by atoms with E-state index in [1.807, 2.05) is 12.1 Å². The molecule has 0 amide bonds. The lowest BCUT2D eigenvalue weighted by Gasteiger charge is -2.11. The van der Waals surface area contributed by atoms with Crippen LogP contribution in [0.25, 0.3) is 10.9 Å². The second kappa shape index (κ2) is 6.89. The Balaban J connectivity index is 2.35.